The first kappa shape index (κ1) is 32.3. The predicted octanol–water partition coefficient (Wildman–Crippen LogP) is 3.89. The van der Waals surface area contributed by atoms with Gasteiger partial charge in [-0.1, -0.05) is 77.7 Å². The Bertz CT molecular complexity index is 1410. The van der Waals surface area contributed by atoms with Gasteiger partial charge in [0, 0.05) is 35.2 Å². The third-order valence-electron chi connectivity index (χ3n) is 10.9. The van der Waals surface area contributed by atoms with E-state index >= 15 is 0 Å². The smallest absolute Gasteiger partial charge is 0.338 e. The van der Waals surface area contributed by atoms with Crippen molar-refractivity contribution >= 4 is 23.5 Å². The summed E-state index contributed by atoms with van der Waals surface area (Å²) in [5.41, 5.74) is -6.57. The lowest BCUT2D eigenvalue weighted by atomic mass is 9.58. The molecule has 3 N–H and O–H groups in total. The molecular formula is C35H44O9. The fraction of sp³-hybridized carbons (Fsp3) is 0.600. The number of hydrogen-bond acceptors (Lipinski definition) is 9. The maximum Gasteiger partial charge on any atom is 0.338 e. The number of hydrogen-bond donors (Lipinski definition) is 3. The summed E-state index contributed by atoms with van der Waals surface area (Å²) >= 11 is 0. The van der Waals surface area contributed by atoms with E-state index in [-0.39, 0.29) is 23.1 Å². The minimum absolute atomic E-state index is 0.144. The SMILES string of the molecule is CCCCCCCC(=O)O[C@@]12[C@H](OC(=O)c3ccccc3)[C@@H](C)[C@@]3(O)[C@@H](C(=O)C(CO)=C[C@]4(O)C(=O)C(C)=C[C@@H]34)[C@@H]1C2(C)C. The van der Waals surface area contributed by atoms with Gasteiger partial charge >= 0.3 is 11.9 Å². The normalized spacial score (nSPS) is 36.7. The molecule has 2 fully saturated rings. The molecule has 4 aliphatic carbocycles. The Balaban J connectivity index is 1.62. The predicted molar refractivity (Wildman–Crippen MR) is 160 cm³/mol. The molecular weight excluding hydrogens is 564 g/mol. The van der Waals surface area contributed by atoms with E-state index in [1.54, 1.807) is 37.3 Å². The number of rotatable bonds is 10. The van der Waals surface area contributed by atoms with Crippen molar-refractivity contribution in [2.75, 3.05) is 6.61 Å². The van der Waals surface area contributed by atoms with Crippen LogP contribution in [-0.2, 0) is 23.9 Å². The molecule has 4 aliphatic rings. The van der Waals surface area contributed by atoms with E-state index in [0.717, 1.165) is 31.8 Å². The quantitative estimate of drug-likeness (QED) is 0.266. The van der Waals surface area contributed by atoms with Crippen LogP contribution in [0.4, 0.5) is 0 Å². The van der Waals surface area contributed by atoms with Crippen molar-refractivity contribution in [1.82, 2.24) is 0 Å². The Hall–Kier alpha value is -3.14. The Labute approximate surface area is 258 Å². The summed E-state index contributed by atoms with van der Waals surface area (Å²) in [6.45, 7) is 8.09. The highest BCUT2D eigenvalue weighted by molar-refractivity contribution is 6.09. The molecule has 238 valence electrons. The molecule has 9 nitrogen and oxygen atoms in total. The molecule has 0 unspecified atom stereocenters. The van der Waals surface area contributed by atoms with E-state index in [2.05, 4.69) is 6.92 Å². The Morgan fingerprint density at radius 2 is 1.66 bits per heavy atom. The van der Waals surface area contributed by atoms with Gasteiger partial charge < -0.3 is 24.8 Å². The van der Waals surface area contributed by atoms with Crippen LogP contribution in [0.5, 0.6) is 0 Å². The molecule has 0 bridgehead atoms. The first-order valence-electron chi connectivity index (χ1n) is 15.8. The van der Waals surface area contributed by atoms with Crippen LogP contribution in [0, 0.1) is 29.1 Å². The second-order valence-corrected chi connectivity index (χ2v) is 13.7. The Morgan fingerprint density at radius 1 is 1.00 bits per heavy atom. The van der Waals surface area contributed by atoms with Gasteiger partial charge in [0.2, 0.25) is 0 Å². The van der Waals surface area contributed by atoms with Crippen molar-refractivity contribution in [3.8, 4) is 0 Å². The third kappa shape index (κ3) is 4.53. The fourth-order valence-corrected chi connectivity index (χ4v) is 8.53. The van der Waals surface area contributed by atoms with Crippen LogP contribution in [0.15, 0.2) is 53.6 Å². The molecule has 0 aromatic heterocycles. The number of carbonyl (C=O) groups excluding carboxylic acids is 4. The first-order valence-corrected chi connectivity index (χ1v) is 15.8. The van der Waals surface area contributed by atoms with Crippen molar-refractivity contribution in [1.29, 1.82) is 0 Å². The average Bonchev–Trinajstić information content (AvgIpc) is 3.40. The lowest BCUT2D eigenvalue weighted by molar-refractivity contribution is -0.221. The molecule has 44 heavy (non-hydrogen) atoms. The molecule has 8 atom stereocenters. The zero-order valence-corrected chi connectivity index (χ0v) is 26.2. The van der Waals surface area contributed by atoms with Crippen LogP contribution in [0.1, 0.15) is 83.5 Å². The van der Waals surface area contributed by atoms with Gasteiger partial charge in [0.25, 0.3) is 0 Å². The maximum atomic E-state index is 14.2. The van der Waals surface area contributed by atoms with E-state index in [1.807, 2.05) is 13.8 Å². The summed E-state index contributed by atoms with van der Waals surface area (Å²) in [7, 11) is 0. The van der Waals surface area contributed by atoms with Gasteiger partial charge in [-0.3, -0.25) is 14.4 Å². The number of ether oxygens (including phenoxy) is 2. The monoisotopic (exact) mass is 608 g/mol. The number of ketones is 2. The number of unbranched alkanes of at least 4 members (excludes halogenated alkanes) is 4. The molecule has 0 aliphatic heterocycles. The van der Waals surface area contributed by atoms with Gasteiger partial charge in [-0.05, 0) is 37.1 Å². The molecule has 9 heteroatoms. The van der Waals surface area contributed by atoms with Crippen LogP contribution < -0.4 is 0 Å². The summed E-state index contributed by atoms with van der Waals surface area (Å²) in [6.07, 6.45) is 6.06. The van der Waals surface area contributed by atoms with Crippen molar-refractivity contribution in [2.45, 2.75) is 96.1 Å². The zero-order valence-electron chi connectivity index (χ0n) is 26.2. The summed E-state index contributed by atoms with van der Waals surface area (Å²) in [5, 5.41) is 34.9. The number of fused-ring (bicyclic) bond motifs is 5. The number of aliphatic hydroxyl groups is 3. The standard InChI is InChI=1S/C35H44O9/c1-6-7-8-9-13-16-25(37)44-35-28(32(35,4)5)26-27(38)23(19-36)18-33(41)24(17-20(2)29(33)39)34(26,42)21(3)30(35)43-31(40)22-14-11-10-12-15-22/h10-12,14-15,17-18,21,24,26,28,30,36,41-42H,6-9,13,16,19H2,1-5H3/t21-,24-,26+,28-,30-,33-,34+,35-/m1/s1. The zero-order chi connectivity index (χ0) is 32.2. The molecule has 0 heterocycles. The van der Waals surface area contributed by atoms with Crippen LogP contribution in [0.3, 0.4) is 0 Å². The molecule has 0 amide bonds. The van der Waals surface area contributed by atoms with E-state index in [0.29, 0.717) is 6.42 Å². The topological polar surface area (TPSA) is 147 Å². The largest absolute Gasteiger partial charge is 0.454 e. The summed E-state index contributed by atoms with van der Waals surface area (Å²) in [4.78, 5) is 54.5. The molecule has 0 radical (unpaired) electrons. The van der Waals surface area contributed by atoms with E-state index in [1.165, 1.54) is 13.0 Å². The minimum atomic E-state index is -2.29. The average molecular weight is 609 g/mol. The van der Waals surface area contributed by atoms with E-state index < -0.39 is 82.1 Å². The lowest BCUT2D eigenvalue weighted by Crippen LogP contribution is -2.67. The van der Waals surface area contributed by atoms with Gasteiger partial charge in [-0.15, -0.1) is 0 Å². The fourth-order valence-electron chi connectivity index (χ4n) is 8.53. The van der Waals surface area contributed by atoms with Crippen molar-refractivity contribution in [3.05, 3.63) is 59.2 Å². The van der Waals surface area contributed by atoms with Gasteiger partial charge in [-0.2, -0.15) is 0 Å². The summed E-state index contributed by atoms with van der Waals surface area (Å²) < 4.78 is 12.5. The van der Waals surface area contributed by atoms with Gasteiger partial charge in [-0.25, -0.2) is 4.79 Å². The van der Waals surface area contributed by atoms with Gasteiger partial charge in [0.05, 0.1) is 23.7 Å². The third-order valence-corrected chi connectivity index (χ3v) is 10.9. The van der Waals surface area contributed by atoms with Crippen LogP contribution in [-0.4, -0.2) is 68.3 Å². The first-order chi connectivity index (χ1) is 20.7. The van der Waals surface area contributed by atoms with Gasteiger partial charge in [0.1, 0.15) is 6.10 Å². The highest BCUT2D eigenvalue weighted by Crippen LogP contribution is 2.77. The number of Topliss-reactive ketones (excluding diaryl/α,β-unsaturated/α-hetero) is 2. The highest BCUT2D eigenvalue weighted by Gasteiger charge is 2.89. The van der Waals surface area contributed by atoms with Crippen molar-refractivity contribution in [2.24, 2.45) is 29.1 Å². The lowest BCUT2D eigenvalue weighted by Gasteiger charge is -2.52. The van der Waals surface area contributed by atoms with Crippen LogP contribution in [0.2, 0.25) is 0 Å². The van der Waals surface area contributed by atoms with Gasteiger partial charge in [0.15, 0.2) is 22.8 Å². The number of benzene rings is 1. The molecule has 1 aromatic carbocycles. The van der Waals surface area contributed by atoms with Crippen molar-refractivity contribution < 1.29 is 44.0 Å². The molecule has 2 saturated carbocycles. The molecule has 0 spiro atoms. The van der Waals surface area contributed by atoms with E-state index in [9.17, 15) is 34.5 Å². The molecule has 0 saturated heterocycles. The molecule has 1 aromatic rings. The minimum Gasteiger partial charge on any atom is -0.454 e. The summed E-state index contributed by atoms with van der Waals surface area (Å²) in [6, 6.07) is 8.31. The maximum absolute atomic E-state index is 14.2. The van der Waals surface area contributed by atoms with E-state index in [4.69, 9.17) is 9.47 Å². The van der Waals surface area contributed by atoms with Crippen molar-refractivity contribution in [3.63, 3.8) is 0 Å². The second-order valence-electron chi connectivity index (χ2n) is 13.7. The Kier molecular flexibility index (Phi) is 8.31. The van der Waals surface area contributed by atoms with Crippen LogP contribution in [0.25, 0.3) is 0 Å². The second kappa shape index (κ2) is 11.3. The highest BCUT2D eigenvalue weighted by atomic mass is 16.6. The molecule has 5 rings (SSSR count). The number of esters is 2. The summed E-state index contributed by atoms with van der Waals surface area (Å²) in [5.74, 6) is -6.98. The number of carbonyl (C=O) groups is 4. The Morgan fingerprint density at radius 3 is 2.30 bits per heavy atom. The van der Waals surface area contributed by atoms with Crippen LogP contribution >= 0.6 is 0 Å². The number of aliphatic hydroxyl groups excluding tert-OH is 1.